The van der Waals surface area contributed by atoms with E-state index >= 15 is 0 Å². The van der Waals surface area contributed by atoms with E-state index in [2.05, 4.69) is 0 Å². The highest BCUT2D eigenvalue weighted by atomic mass is 16.6. The zero-order chi connectivity index (χ0) is 19.8. The molecule has 0 spiro atoms. The Kier molecular flexibility index (Phi) is 7.64. The Labute approximate surface area is 159 Å². The number of carbonyl (C=O) groups excluding carboxylic acids is 3. The van der Waals surface area contributed by atoms with Crippen molar-refractivity contribution in [2.24, 2.45) is 5.92 Å². The molecule has 1 aromatic carbocycles. The molecule has 1 heterocycles. The van der Waals surface area contributed by atoms with Gasteiger partial charge in [-0.25, -0.2) is 4.79 Å². The minimum Gasteiger partial charge on any atom is -0.482 e. The number of hydrogen-bond donors (Lipinski definition) is 0. The Morgan fingerprint density at radius 2 is 1.93 bits per heavy atom. The van der Waals surface area contributed by atoms with Crippen LogP contribution in [0.2, 0.25) is 0 Å². The van der Waals surface area contributed by atoms with E-state index in [-0.39, 0.29) is 24.4 Å². The van der Waals surface area contributed by atoms with Gasteiger partial charge in [-0.05, 0) is 51.3 Å². The average Bonchev–Trinajstić information content (AvgIpc) is 2.66. The van der Waals surface area contributed by atoms with Crippen molar-refractivity contribution < 1.29 is 28.6 Å². The summed E-state index contributed by atoms with van der Waals surface area (Å²) in [5.41, 5.74) is 1.02. The van der Waals surface area contributed by atoms with Crippen LogP contribution in [-0.4, -0.2) is 55.2 Å². The van der Waals surface area contributed by atoms with Gasteiger partial charge in [-0.2, -0.15) is 0 Å². The lowest BCUT2D eigenvalue weighted by Gasteiger charge is -2.32. The Balaban J connectivity index is 1.75. The largest absolute Gasteiger partial charge is 0.482 e. The normalized spacial score (nSPS) is 15.7. The summed E-state index contributed by atoms with van der Waals surface area (Å²) >= 11 is 0. The highest BCUT2D eigenvalue weighted by Crippen LogP contribution is 2.20. The molecule has 1 aromatic rings. The van der Waals surface area contributed by atoms with Crippen LogP contribution in [0.4, 0.5) is 0 Å². The molecule has 1 amide bonds. The molecule has 0 aromatic heterocycles. The first-order valence-corrected chi connectivity index (χ1v) is 9.25. The third-order valence-electron chi connectivity index (χ3n) is 4.43. The van der Waals surface area contributed by atoms with E-state index < -0.39 is 12.1 Å². The van der Waals surface area contributed by atoms with Gasteiger partial charge in [0.05, 0.1) is 12.5 Å². The summed E-state index contributed by atoms with van der Waals surface area (Å²) in [6, 6.07) is 7.33. The molecule has 2 rings (SSSR count). The van der Waals surface area contributed by atoms with Crippen LogP contribution in [0.5, 0.6) is 5.75 Å². The fourth-order valence-corrected chi connectivity index (χ4v) is 2.98. The van der Waals surface area contributed by atoms with E-state index in [1.165, 1.54) is 0 Å². The fraction of sp³-hybridized carbons (Fsp3) is 0.550. The monoisotopic (exact) mass is 377 g/mol. The molecule has 1 fully saturated rings. The highest BCUT2D eigenvalue weighted by Gasteiger charge is 2.31. The van der Waals surface area contributed by atoms with Gasteiger partial charge in [0.25, 0.3) is 5.91 Å². The second-order valence-electron chi connectivity index (χ2n) is 6.59. The molecular weight excluding hydrogens is 350 g/mol. The van der Waals surface area contributed by atoms with Gasteiger partial charge in [0, 0.05) is 13.1 Å². The summed E-state index contributed by atoms with van der Waals surface area (Å²) in [6.45, 7) is 6.24. The van der Waals surface area contributed by atoms with Crippen molar-refractivity contribution in [2.75, 3.05) is 26.3 Å². The van der Waals surface area contributed by atoms with Crippen LogP contribution in [0.15, 0.2) is 24.3 Å². The van der Waals surface area contributed by atoms with Crippen LogP contribution in [0.1, 0.15) is 32.3 Å². The van der Waals surface area contributed by atoms with Gasteiger partial charge in [0.15, 0.2) is 12.7 Å². The number of carbonyl (C=O) groups is 3. The number of piperidine rings is 1. The van der Waals surface area contributed by atoms with Crippen LogP contribution in [-0.2, 0) is 23.9 Å². The number of benzene rings is 1. The first kappa shape index (κ1) is 20.7. The molecule has 0 saturated carbocycles. The van der Waals surface area contributed by atoms with Crippen molar-refractivity contribution in [2.45, 2.75) is 39.7 Å². The van der Waals surface area contributed by atoms with Gasteiger partial charge in [-0.3, -0.25) is 9.59 Å². The number of esters is 2. The minimum absolute atomic E-state index is 0.172. The number of amides is 1. The van der Waals surface area contributed by atoms with Gasteiger partial charge in [0.1, 0.15) is 5.75 Å². The van der Waals surface area contributed by atoms with E-state index in [1.54, 1.807) is 24.8 Å². The lowest BCUT2D eigenvalue weighted by molar-refractivity contribution is -0.162. The first-order chi connectivity index (χ1) is 12.9. The van der Waals surface area contributed by atoms with Gasteiger partial charge in [-0.1, -0.05) is 12.1 Å². The maximum absolute atomic E-state index is 12.4. The second-order valence-corrected chi connectivity index (χ2v) is 6.59. The van der Waals surface area contributed by atoms with Crippen molar-refractivity contribution in [3.05, 3.63) is 29.8 Å². The van der Waals surface area contributed by atoms with Gasteiger partial charge in [-0.15, -0.1) is 0 Å². The van der Waals surface area contributed by atoms with Crippen LogP contribution < -0.4 is 4.74 Å². The highest BCUT2D eigenvalue weighted by molar-refractivity contribution is 5.84. The number of rotatable bonds is 7. The van der Waals surface area contributed by atoms with Crippen molar-refractivity contribution in [1.82, 2.24) is 4.90 Å². The molecule has 1 atom stereocenters. The predicted molar refractivity (Wildman–Crippen MR) is 98.2 cm³/mol. The SMILES string of the molecule is CCOC(=O)C1CCN(C(=O)C(C)OC(=O)COc2cccc(C)c2)CC1. The number of ether oxygens (including phenoxy) is 3. The first-order valence-electron chi connectivity index (χ1n) is 9.25. The third-order valence-corrected chi connectivity index (χ3v) is 4.43. The lowest BCUT2D eigenvalue weighted by atomic mass is 9.97. The standard InChI is InChI=1S/C20H27NO6/c1-4-25-20(24)16-8-10-21(11-9-16)19(23)15(3)27-18(22)13-26-17-7-5-6-14(2)12-17/h5-7,12,15-16H,4,8-11,13H2,1-3H3. The Bertz CT molecular complexity index is 666. The molecule has 1 unspecified atom stereocenters. The number of likely N-dealkylation sites (tertiary alicyclic amines) is 1. The van der Waals surface area contributed by atoms with E-state index in [9.17, 15) is 14.4 Å². The van der Waals surface area contributed by atoms with Crippen molar-refractivity contribution >= 4 is 17.8 Å². The average molecular weight is 377 g/mol. The Morgan fingerprint density at radius 3 is 2.56 bits per heavy atom. The van der Waals surface area contributed by atoms with E-state index in [0.29, 0.717) is 38.3 Å². The number of hydrogen-bond acceptors (Lipinski definition) is 6. The van der Waals surface area contributed by atoms with E-state index in [0.717, 1.165) is 5.56 Å². The van der Waals surface area contributed by atoms with E-state index in [4.69, 9.17) is 14.2 Å². The molecule has 27 heavy (non-hydrogen) atoms. The Morgan fingerprint density at radius 1 is 1.22 bits per heavy atom. The molecular formula is C20H27NO6. The second kappa shape index (κ2) is 9.94. The van der Waals surface area contributed by atoms with Crippen LogP contribution >= 0.6 is 0 Å². The van der Waals surface area contributed by atoms with Gasteiger partial charge >= 0.3 is 11.9 Å². The molecule has 7 heteroatoms. The summed E-state index contributed by atoms with van der Waals surface area (Å²) in [5.74, 6) is -0.668. The van der Waals surface area contributed by atoms with E-state index in [1.807, 2.05) is 25.1 Å². The topological polar surface area (TPSA) is 82.1 Å². The Hall–Kier alpha value is -2.57. The van der Waals surface area contributed by atoms with Crippen molar-refractivity contribution in [3.63, 3.8) is 0 Å². The predicted octanol–water partition coefficient (Wildman–Crippen LogP) is 2.11. The third kappa shape index (κ3) is 6.27. The quantitative estimate of drug-likeness (QED) is 0.677. The molecule has 7 nitrogen and oxygen atoms in total. The summed E-state index contributed by atoms with van der Waals surface area (Å²) in [4.78, 5) is 37.8. The van der Waals surface area contributed by atoms with Crippen LogP contribution in [0.25, 0.3) is 0 Å². The zero-order valence-corrected chi connectivity index (χ0v) is 16.1. The molecule has 1 saturated heterocycles. The zero-order valence-electron chi connectivity index (χ0n) is 16.1. The molecule has 1 aliphatic heterocycles. The van der Waals surface area contributed by atoms with Crippen LogP contribution in [0.3, 0.4) is 0 Å². The molecule has 0 bridgehead atoms. The maximum Gasteiger partial charge on any atom is 0.344 e. The minimum atomic E-state index is -0.891. The van der Waals surface area contributed by atoms with Gasteiger partial charge in [0.2, 0.25) is 0 Å². The maximum atomic E-state index is 12.4. The van der Waals surface area contributed by atoms with Crippen LogP contribution in [0, 0.1) is 12.8 Å². The smallest absolute Gasteiger partial charge is 0.344 e. The molecule has 148 valence electrons. The molecule has 1 aliphatic rings. The lowest BCUT2D eigenvalue weighted by Crippen LogP contribution is -2.45. The van der Waals surface area contributed by atoms with Crippen molar-refractivity contribution in [1.29, 1.82) is 0 Å². The number of nitrogens with zero attached hydrogens (tertiary/aromatic N) is 1. The fourth-order valence-electron chi connectivity index (χ4n) is 2.98. The summed E-state index contributed by atoms with van der Waals surface area (Å²) in [6.07, 6.45) is 0.224. The van der Waals surface area contributed by atoms with Crippen molar-refractivity contribution in [3.8, 4) is 5.75 Å². The summed E-state index contributed by atoms with van der Waals surface area (Å²) < 4.78 is 15.6. The molecule has 0 N–H and O–H groups in total. The molecule has 0 radical (unpaired) electrons. The molecule has 0 aliphatic carbocycles. The summed E-state index contributed by atoms with van der Waals surface area (Å²) in [7, 11) is 0. The summed E-state index contributed by atoms with van der Waals surface area (Å²) in [5, 5.41) is 0. The number of aryl methyl sites for hydroxylation is 1. The van der Waals surface area contributed by atoms with Gasteiger partial charge < -0.3 is 19.1 Å².